The lowest BCUT2D eigenvalue weighted by Gasteiger charge is -2.27. The SMILES string of the molecule is COc1ccc(C2(C)OCCO2)cc1C(C)(C)C. The third-order valence-corrected chi connectivity index (χ3v) is 3.37. The van der Waals surface area contributed by atoms with E-state index in [1.54, 1.807) is 7.11 Å². The fourth-order valence-corrected chi connectivity index (χ4v) is 2.26. The van der Waals surface area contributed by atoms with Gasteiger partial charge in [-0.25, -0.2) is 0 Å². The molecule has 100 valence electrons. The molecule has 2 rings (SSSR count). The molecule has 1 aliphatic heterocycles. The first-order valence-electron chi connectivity index (χ1n) is 6.34. The number of rotatable bonds is 2. The van der Waals surface area contributed by atoms with Crippen molar-refractivity contribution in [2.45, 2.75) is 38.9 Å². The highest BCUT2D eigenvalue weighted by molar-refractivity contribution is 5.42. The molecule has 0 radical (unpaired) electrons. The van der Waals surface area contributed by atoms with E-state index in [-0.39, 0.29) is 5.41 Å². The minimum absolute atomic E-state index is 0.0241. The molecule has 1 heterocycles. The molecule has 0 bridgehead atoms. The molecule has 3 heteroatoms. The average molecular weight is 250 g/mol. The van der Waals surface area contributed by atoms with Crippen molar-refractivity contribution < 1.29 is 14.2 Å². The smallest absolute Gasteiger partial charge is 0.192 e. The van der Waals surface area contributed by atoms with Crippen molar-refractivity contribution in [2.24, 2.45) is 0 Å². The van der Waals surface area contributed by atoms with Crippen LogP contribution in [-0.4, -0.2) is 20.3 Å². The summed E-state index contributed by atoms with van der Waals surface area (Å²) in [6.07, 6.45) is 0. The maximum Gasteiger partial charge on any atom is 0.192 e. The van der Waals surface area contributed by atoms with E-state index in [2.05, 4.69) is 26.8 Å². The van der Waals surface area contributed by atoms with Crippen LogP contribution in [0.25, 0.3) is 0 Å². The van der Waals surface area contributed by atoms with Crippen molar-refractivity contribution in [1.82, 2.24) is 0 Å². The first-order valence-corrected chi connectivity index (χ1v) is 6.34. The van der Waals surface area contributed by atoms with Crippen LogP contribution in [0.5, 0.6) is 5.75 Å². The molecular weight excluding hydrogens is 228 g/mol. The van der Waals surface area contributed by atoms with E-state index in [0.717, 1.165) is 11.3 Å². The summed E-state index contributed by atoms with van der Waals surface area (Å²) >= 11 is 0. The second kappa shape index (κ2) is 4.56. The predicted octanol–water partition coefficient (Wildman–Crippen LogP) is 3.21. The summed E-state index contributed by atoms with van der Waals surface area (Å²) in [5.41, 5.74) is 2.24. The fraction of sp³-hybridized carbons (Fsp3) is 0.600. The van der Waals surface area contributed by atoms with Crippen LogP contribution in [0.15, 0.2) is 18.2 Å². The van der Waals surface area contributed by atoms with Gasteiger partial charge in [0.25, 0.3) is 0 Å². The van der Waals surface area contributed by atoms with Crippen molar-refractivity contribution in [1.29, 1.82) is 0 Å². The van der Waals surface area contributed by atoms with E-state index in [4.69, 9.17) is 14.2 Å². The van der Waals surface area contributed by atoms with Crippen molar-refractivity contribution in [2.75, 3.05) is 20.3 Å². The number of hydrogen-bond acceptors (Lipinski definition) is 3. The van der Waals surface area contributed by atoms with E-state index >= 15 is 0 Å². The predicted molar refractivity (Wildman–Crippen MR) is 71.0 cm³/mol. The Balaban J connectivity index is 2.46. The summed E-state index contributed by atoms with van der Waals surface area (Å²) in [5, 5.41) is 0. The maximum atomic E-state index is 5.70. The molecule has 1 saturated heterocycles. The zero-order valence-corrected chi connectivity index (χ0v) is 11.9. The summed E-state index contributed by atoms with van der Waals surface area (Å²) in [6, 6.07) is 6.13. The number of benzene rings is 1. The van der Waals surface area contributed by atoms with Gasteiger partial charge in [-0.2, -0.15) is 0 Å². The molecule has 0 unspecified atom stereocenters. The Morgan fingerprint density at radius 2 is 1.78 bits per heavy atom. The molecule has 1 aliphatic rings. The van der Waals surface area contributed by atoms with Crippen LogP contribution in [0.2, 0.25) is 0 Å². The van der Waals surface area contributed by atoms with Gasteiger partial charge in [-0.15, -0.1) is 0 Å². The Kier molecular flexibility index (Phi) is 3.39. The summed E-state index contributed by atoms with van der Waals surface area (Å²) in [7, 11) is 1.70. The quantitative estimate of drug-likeness (QED) is 0.806. The van der Waals surface area contributed by atoms with Crippen LogP contribution in [-0.2, 0) is 20.7 Å². The highest BCUT2D eigenvalue weighted by atomic mass is 16.7. The standard InChI is InChI=1S/C15H22O3/c1-14(2,3)12-10-11(6-7-13(12)16-5)15(4)17-8-9-18-15/h6-7,10H,8-9H2,1-5H3. The van der Waals surface area contributed by atoms with Crippen molar-refractivity contribution in [3.8, 4) is 5.75 Å². The molecule has 3 nitrogen and oxygen atoms in total. The summed E-state index contributed by atoms with van der Waals surface area (Å²) in [6.45, 7) is 9.78. The van der Waals surface area contributed by atoms with Crippen LogP contribution < -0.4 is 4.74 Å². The molecular formula is C15H22O3. The normalized spacial score (nSPS) is 18.9. The van der Waals surface area contributed by atoms with Gasteiger partial charge >= 0.3 is 0 Å². The van der Waals surface area contributed by atoms with Gasteiger partial charge in [0.2, 0.25) is 0 Å². The third-order valence-electron chi connectivity index (χ3n) is 3.37. The second-order valence-corrected chi connectivity index (χ2v) is 5.81. The second-order valence-electron chi connectivity index (χ2n) is 5.81. The van der Waals surface area contributed by atoms with Gasteiger partial charge in [0.05, 0.1) is 20.3 Å². The Hall–Kier alpha value is -1.06. The molecule has 1 fully saturated rings. The highest BCUT2D eigenvalue weighted by Gasteiger charge is 2.34. The van der Waals surface area contributed by atoms with Gasteiger partial charge in [-0.1, -0.05) is 20.8 Å². The van der Waals surface area contributed by atoms with Gasteiger partial charge in [0.15, 0.2) is 5.79 Å². The molecule has 0 aromatic heterocycles. The largest absolute Gasteiger partial charge is 0.496 e. The Morgan fingerprint density at radius 3 is 2.28 bits per heavy atom. The minimum Gasteiger partial charge on any atom is -0.496 e. The Bertz CT molecular complexity index is 426. The third kappa shape index (κ3) is 2.38. The molecule has 0 amide bonds. The zero-order valence-electron chi connectivity index (χ0n) is 11.9. The Morgan fingerprint density at radius 1 is 1.17 bits per heavy atom. The van der Waals surface area contributed by atoms with Crippen LogP contribution in [0.4, 0.5) is 0 Å². The lowest BCUT2D eigenvalue weighted by molar-refractivity contribution is -0.149. The summed E-state index contributed by atoms with van der Waals surface area (Å²) in [4.78, 5) is 0. The molecule has 0 saturated carbocycles. The van der Waals surface area contributed by atoms with Gasteiger partial charge < -0.3 is 14.2 Å². The van der Waals surface area contributed by atoms with E-state index in [1.165, 1.54) is 5.56 Å². The van der Waals surface area contributed by atoms with E-state index in [0.29, 0.717) is 13.2 Å². The van der Waals surface area contributed by atoms with E-state index in [9.17, 15) is 0 Å². The molecule has 0 N–H and O–H groups in total. The molecule has 0 atom stereocenters. The number of hydrogen-bond donors (Lipinski definition) is 0. The number of methoxy groups -OCH3 is 1. The maximum absolute atomic E-state index is 5.70. The topological polar surface area (TPSA) is 27.7 Å². The van der Waals surface area contributed by atoms with Crippen LogP contribution >= 0.6 is 0 Å². The van der Waals surface area contributed by atoms with Crippen LogP contribution in [0, 0.1) is 0 Å². The van der Waals surface area contributed by atoms with E-state index < -0.39 is 5.79 Å². The average Bonchev–Trinajstić information content (AvgIpc) is 2.75. The van der Waals surface area contributed by atoms with Gasteiger partial charge in [-0.05, 0) is 36.1 Å². The molecule has 1 aromatic carbocycles. The summed E-state index contributed by atoms with van der Waals surface area (Å²) < 4.78 is 16.9. The molecule has 18 heavy (non-hydrogen) atoms. The number of ether oxygens (including phenoxy) is 3. The highest BCUT2D eigenvalue weighted by Crippen LogP contribution is 2.37. The van der Waals surface area contributed by atoms with Crippen molar-refractivity contribution in [3.63, 3.8) is 0 Å². The Labute approximate surface area is 109 Å². The van der Waals surface area contributed by atoms with Crippen LogP contribution in [0.1, 0.15) is 38.8 Å². The van der Waals surface area contributed by atoms with Gasteiger partial charge in [0, 0.05) is 5.56 Å². The molecule has 0 spiro atoms. The fourth-order valence-electron chi connectivity index (χ4n) is 2.26. The van der Waals surface area contributed by atoms with Crippen LogP contribution in [0.3, 0.4) is 0 Å². The first kappa shape index (κ1) is 13.4. The first-order chi connectivity index (χ1) is 8.37. The lowest BCUT2D eigenvalue weighted by atomic mass is 9.84. The lowest BCUT2D eigenvalue weighted by Crippen LogP contribution is -2.24. The van der Waals surface area contributed by atoms with Crippen molar-refractivity contribution >= 4 is 0 Å². The van der Waals surface area contributed by atoms with Gasteiger partial charge in [0.1, 0.15) is 5.75 Å². The molecule has 1 aromatic rings. The monoisotopic (exact) mass is 250 g/mol. The summed E-state index contributed by atoms with van der Waals surface area (Å²) in [5.74, 6) is 0.291. The van der Waals surface area contributed by atoms with E-state index in [1.807, 2.05) is 19.1 Å². The molecule has 0 aliphatic carbocycles. The zero-order chi connectivity index (χ0) is 13.4. The van der Waals surface area contributed by atoms with Gasteiger partial charge in [-0.3, -0.25) is 0 Å². The van der Waals surface area contributed by atoms with Crippen molar-refractivity contribution in [3.05, 3.63) is 29.3 Å². The minimum atomic E-state index is -0.619.